The molecule has 1 aliphatic rings. The first kappa shape index (κ1) is 22.2. The van der Waals surface area contributed by atoms with Crippen LogP contribution in [0.2, 0.25) is 0 Å². The van der Waals surface area contributed by atoms with Gasteiger partial charge in [-0.15, -0.1) is 5.10 Å². The number of unbranched alkanes of at least 4 members (excludes halogenated alkanes) is 1. The summed E-state index contributed by atoms with van der Waals surface area (Å²) in [5.41, 5.74) is 1.58. The van der Waals surface area contributed by atoms with Gasteiger partial charge in [0.2, 0.25) is 10.0 Å². The summed E-state index contributed by atoms with van der Waals surface area (Å²) >= 11 is 1.56. The molecule has 10 nitrogen and oxygen atoms in total. The number of hydrogen-bond donors (Lipinski definition) is 0. The second-order valence-electron chi connectivity index (χ2n) is 7.27. The number of rotatable bonds is 9. The maximum absolute atomic E-state index is 13.0. The van der Waals surface area contributed by atoms with Crippen molar-refractivity contribution in [2.45, 2.75) is 55.6 Å². The first-order chi connectivity index (χ1) is 15.0. The van der Waals surface area contributed by atoms with Crippen molar-refractivity contribution >= 4 is 32.8 Å². The number of thioether (sulfide) groups is 1. The van der Waals surface area contributed by atoms with Gasteiger partial charge in [-0.1, -0.05) is 25.1 Å². The van der Waals surface area contributed by atoms with Crippen LogP contribution in [0.1, 0.15) is 32.5 Å². The van der Waals surface area contributed by atoms with E-state index in [9.17, 15) is 8.42 Å². The molecule has 1 saturated heterocycles. The van der Waals surface area contributed by atoms with Crippen LogP contribution in [0.3, 0.4) is 0 Å². The van der Waals surface area contributed by atoms with E-state index in [1.807, 2.05) is 10.7 Å². The first-order valence-corrected chi connectivity index (χ1v) is 12.9. The molecule has 0 saturated carbocycles. The molecule has 0 spiro atoms. The molecule has 3 heterocycles. The molecule has 1 aromatic carbocycles. The number of fused-ring (bicyclic) bond motifs is 1. The van der Waals surface area contributed by atoms with E-state index in [1.165, 1.54) is 4.31 Å². The molecule has 31 heavy (non-hydrogen) atoms. The molecule has 0 bridgehead atoms. The van der Waals surface area contributed by atoms with E-state index in [0.29, 0.717) is 37.6 Å². The van der Waals surface area contributed by atoms with Crippen molar-refractivity contribution in [2.24, 2.45) is 0 Å². The van der Waals surface area contributed by atoms with E-state index < -0.39 is 10.0 Å². The number of tetrazole rings is 1. The molecule has 1 fully saturated rings. The van der Waals surface area contributed by atoms with E-state index in [4.69, 9.17) is 9.72 Å². The predicted octanol–water partition coefficient (Wildman–Crippen LogP) is 2.16. The molecule has 0 unspecified atom stereocenters. The number of imidazole rings is 1. The molecule has 3 aromatic rings. The van der Waals surface area contributed by atoms with Gasteiger partial charge in [0, 0.05) is 26.2 Å². The Bertz CT molecular complexity index is 1140. The maximum Gasteiger partial charge on any atom is 0.243 e. The predicted molar refractivity (Wildman–Crippen MR) is 117 cm³/mol. The van der Waals surface area contributed by atoms with Crippen molar-refractivity contribution in [1.82, 2.24) is 34.1 Å². The molecule has 0 radical (unpaired) electrons. The summed E-state index contributed by atoms with van der Waals surface area (Å²) < 4.78 is 36.7. The quantitative estimate of drug-likeness (QED) is 0.442. The third-order valence-corrected chi connectivity index (χ3v) is 8.14. The summed E-state index contributed by atoms with van der Waals surface area (Å²) in [6.07, 6.45) is 2.10. The van der Waals surface area contributed by atoms with Gasteiger partial charge < -0.3 is 9.30 Å². The average Bonchev–Trinajstić information content (AvgIpc) is 3.39. The highest BCUT2D eigenvalue weighted by Crippen LogP contribution is 2.29. The monoisotopic (exact) mass is 465 g/mol. The molecule has 0 amide bonds. The number of morpholine rings is 1. The normalized spacial score (nSPS) is 15.7. The highest BCUT2D eigenvalue weighted by Gasteiger charge is 2.27. The van der Waals surface area contributed by atoms with E-state index in [1.54, 1.807) is 23.9 Å². The zero-order valence-corrected chi connectivity index (χ0v) is 19.4. The molecule has 0 N–H and O–H groups in total. The van der Waals surface area contributed by atoms with Gasteiger partial charge >= 0.3 is 0 Å². The zero-order valence-electron chi connectivity index (χ0n) is 17.8. The summed E-state index contributed by atoms with van der Waals surface area (Å²) in [5.74, 6) is 1.41. The Morgan fingerprint density at radius 2 is 2.00 bits per heavy atom. The smallest absolute Gasteiger partial charge is 0.243 e. The lowest BCUT2D eigenvalue weighted by molar-refractivity contribution is 0.0730. The molecular formula is C19H27N7O3S2. The Hall–Kier alpha value is -2.02. The van der Waals surface area contributed by atoms with Gasteiger partial charge in [0.15, 0.2) is 11.0 Å². The van der Waals surface area contributed by atoms with Gasteiger partial charge in [-0.25, -0.2) is 18.1 Å². The Morgan fingerprint density at radius 3 is 2.74 bits per heavy atom. The van der Waals surface area contributed by atoms with Crippen LogP contribution in [0.4, 0.5) is 0 Å². The van der Waals surface area contributed by atoms with Crippen LogP contribution in [-0.4, -0.2) is 68.8 Å². The highest BCUT2D eigenvalue weighted by molar-refractivity contribution is 7.98. The second kappa shape index (κ2) is 9.63. The molecule has 12 heteroatoms. The van der Waals surface area contributed by atoms with Gasteiger partial charge in [0.1, 0.15) is 0 Å². The zero-order chi connectivity index (χ0) is 21.8. The van der Waals surface area contributed by atoms with Crippen molar-refractivity contribution in [3.63, 3.8) is 0 Å². The standard InChI is InChI=1S/C19H27N7O3S2/c1-3-5-8-26-18(21-22-23-26)14-30-19-20-16-13-15(6-7-17(16)25(19)4-2)31(27,28)24-9-11-29-12-10-24/h6-7,13H,3-5,8-12,14H2,1-2H3. The van der Waals surface area contributed by atoms with E-state index in [0.717, 1.165) is 42.4 Å². The Labute approximate surface area is 186 Å². The van der Waals surface area contributed by atoms with E-state index in [2.05, 4.69) is 33.9 Å². The summed E-state index contributed by atoms with van der Waals surface area (Å²) in [6, 6.07) is 5.18. The van der Waals surface area contributed by atoms with Crippen LogP contribution in [0.25, 0.3) is 11.0 Å². The second-order valence-corrected chi connectivity index (χ2v) is 10.1. The lowest BCUT2D eigenvalue weighted by Gasteiger charge is -2.26. The van der Waals surface area contributed by atoms with Gasteiger partial charge in [0.05, 0.1) is 34.9 Å². The summed E-state index contributed by atoms with van der Waals surface area (Å²) in [5, 5.41) is 12.8. The fourth-order valence-corrected chi connectivity index (χ4v) is 5.98. The molecule has 168 valence electrons. The summed E-state index contributed by atoms with van der Waals surface area (Å²) in [7, 11) is -3.56. The SMILES string of the molecule is CCCCn1nnnc1CSc1nc2cc(S(=O)(=O)N3CCOCC3)ccc2n1CC. The molecule has 0 aliphatic carbocycles. The Balaban J connectivity index is 1.58. The topological polar surface area (TPSA) is 108 Å². The van der Waals surface area contributed by atoms with Crippen LogP contribution in [0, 0.1) is 0 Å². The number of ether oxygens (including phenoxy) is 1. The van der Waals surface area contributed by atoms with Crippen LogP contribution >= 0.6 is 11.8 Å². The van der Waals surface area contributed by atoms with Crippen molar-refractivity contribution in [2.75, 3.05) is 26.3 Å². The fraction of sp³-hybridized carbons (Fsp3) is 0.579. The van der Waals surface area contributed by atoms with Crippen LogP contribution < -0.4 is 0 Å². The van der Waals surface area contributed by atoms with Crippen molar-refractivity contribution in [3.8, 4) is 0 Å². The lowest BCUT2D eigenvalue weighted by atomic mass is 10.3. The molecule has 4 rings (SSSR count). The minimum Gasteiger partial charge on any atom is -0.379 e. The molecule has 0 atom stereocenters. The molecule has 2 aromatic heterocycles. The third kappa shape index (κ3) is 4.61. The van der Waals surface area contributed by atoms with E-state index >= 15 is 0 Å². The largest absolute Gasteiger partial charge is 0.379 e. The van der Waals surface area contributed by atoms with Crippen molar-refractivity contribution in [3.05, 3.63) is 24.0 Å². The van der Waals surface area contributed by atoms with Crippen molar-refractivity contribution in [1.29, 1.82) is 0 Å². The van der Waals surface area contributed by atoms with E-state index in [-0.39, 0.29) is 4.90 Å². The summed E-state index contributed by atoms with van der Waals surface area (Å²) in [4.78, 5) is 5.00. The van der Waals surface area contributed by atoms with Gasteiger partial charge in [-0.2, -0.15) is 4.31 Å². The Morgan fingerprint density at radius 1 is 1.19 bits per heavy atom. The number of hydrogen-bond acceptors (Lipinski definition) is 8. The minimum absolute atomic E-state index is 0.266. The lowest BCUT2D eigenvalue weighted by Crippen LogP contribution is -2.40. The number of nitrogens with zero attached hydrogens (tertiary/aromatic N) is 7. The molecular weight excluding hydrogens is 438 g/mol. The first-order valence-electron chi connectivity index (χ1n) is 10.5. The van der Waals surface area contributed by atoms with Crippen LogP contribution in [0.15, 0.2) is 28.3 Å². The fourth-order valence-electron chi connectivity index (χ4n) is 3.54. The third-order valence-electron chi connectivity index (χ3n) is 5.27. The van der Waals surface area contributed by atoms with Crippen LogP contribution in [-0.2, 0) is 33.6 Å². The summed E-state index contributed by atoms with van der Waals surface area (Å²) in [6.45, 7) is 7.30. The maximum atomic E-state index is 13.0. The number of aromatic nitrogens is 6. The number of benzene rings is 1. The Kier molecular flexibility index (Phi) is 6.89. The average molecular weight is 466 g/mol. The van der Waals surface area contributed by atoms with Crippen LogP contribution in [0.5, 0.6) is 0 Å². The van der Waals surface area contributed by atoms with Gasteiger partial charge in [0.25, 0.3) is 0 Å². The van der Waals surface area contributed by atoms with Crippen molar-refractivity contribution < 1.29 is 13.2 Å². The molecule has 1 aliphatic heterocycles. The van der Waals surface area contributed by atoms with Gasteiger partial charge in [-0.3, -0.25) is 0 Å². The minimum atomic E-state index is -3.56. The highest BCUT2D eigenvalue weighted by atomic mass is 32.2. The number of sulfonamides is 1. The number of aryl methyl sites for hydroxylation is 2. The van der Waals surface area contributed by atoms with Gasteiger partial charge in [-0.05, 0) is 42.0 Å².